The smallest absolute Gasteiger partial charge is 0.163 e. The van der Waals surface area contributed by atoms with Gasteiger partial charge in [-0.25, -0.2) is 9.97 Å². The molecular weight excluding hydrogens is 346 g/mol. The van der Waals surface area contributed by atoms with Crippen molar-refractivity contribution in [3.05, 3.63) is 70.9 Å². The molecule has 26 heavy (non-hydrogen) atoms. The summed E-state index contributed by atoms with van der Waals surface area (Å²) >= 11 is 1.36. The van der Waals surface area contributed by atoms with Crippen LogP contribution in [0.5, 0.6) is 0 Å². The fourth-order valence-electron chi connectivity index (χ4n) is 2.66. The maximum atomic E-state index is 10.6. The molecule has 3 aromatic heterocycles. The SMILES string of the molecule is N#Cc1cccc(-c2nc(N)c3cc(C(O)c4cccnc4)sc3n2)c1. The Balaban J connectivity index is 1.79. The van der Waals surface area contributed by atoms with Crippen molar-refractivity contribution in [1.82, 2.24) is 15.0 Å². The van der Waals surface area contributed by atoms with E-state index in [1.165, 1.54) is 11.3 Å². The highest BCUT2D eigenvalue weighted by Gasteiger charge is 2.17. The highest BCUT2D eigenvalue weighted by atomic mass is 32.1. The second-order valence-electron chi connectivity index (χ2n) is 5.68. The molecule has 3 heterocycles. The van der Waals surface area contributed by atoms with E-state index in [0.717, 1.165) is 10.4 Å². The molecule has 0 amide bonds. The van der Waals surface area contributed by atoms with Gasteiger partial charge in [0.1, 0.15) is 16.8 Å². The van der Waals surface area contributed by atoms with Crippen LogP contribution in [0.2, 0.25) is 0 Å². The zero-order valence-electron chi connectivity index (χ0n) is 13.5. The Bertz CT molecular complexity index is 1130. The van der Waals surface area contributed by atoms with Gasteiger partial charge in [-0.05, 0) is 24.3 Å². The van der Waals surface area contributed by atoms with Crippen molar-refractivity contribution >= 4 is 27.4 Å². The van der Waals surface area contributed by atoms with Gasteiger partial charge >= 0.3 is 0 Å². The first kappa shape index (κ1) is 16.1. The number of fused-ring (bicyclic) bond motifs is 1. The van der Waals surface area contributed by atoms with Gasteiger partial charge in [-0.1, -0.05) is 18.2 Å². The van der Waals surface area contributed by atoms with Gasteiger partial charge in [0.2, 0.25) is 0 Å². The summed E-state index contributed by atoms with van der Waals surface area (Å²) in [7, 11) is 0. The summed E-state index contributed by atoms with van der Waals surface area (Å²) in [5.41, 5.74) is 8.07. The van der Waals surface area contributed by atoms with Gasteiger partial charge in [0.15, 0.2) is 5.82 Å². The summed E-state index contributed by atoms with van der Waals surface area (Å²) in [4.78, 5) is 14.4. The minimum absolute atomic E-state index is 0.341. The normalized spacial score (nSPS) is 12.0. The van der Waals surface area contributed by atoms with Crippen molar-refractivity contribution < 1.29 is 5.11 Å². The molecule has 4 aromatic rings. The van der Waals surface area contributed by atoms with E-state index in [1.54, 1.807) is 36.7 Å². The Morgan fingerprint density at radius 3 is 2.81 bits per heavy atom. The molecule has 0 bridgehead atoms. The lowest BCUT2D eigenvalue weighted by molar-refractivity contribution is 0.224. The van der Waals surface area contributed by atoms with Crippen LogP contribution in [0.1, 0.15) is 22.1 Å². The number of aliphatic hydroxyl groups excluding tert-OH is 1. The van der Waals surface area contributed by atoms with Gasteiger partial charge in [-0.3, -0.25) is 4.98 Å². The van der Waals surface area contributed by atoms with Crippen LogP contribution in [0.15, 0.2) is 54.9 Å². The molecule has 0 aliphatic carbocycles. The molecule has 4 rings (SSSR count). The molecule has 6 nitrogen and oxygen atoms in total. The summed E-state index contributed by atoms with van der Waals surface area (Å²) in [5.74, 6) is 0.796. The van der Waals surface area contributed by atoms with Crippen LogP contribution in [0.25, 0.3) is 21.6 Å². The third kappa shape index (κ3) is 2.88. The number of nitriles is 1. The molecule has 1 aromatic carbocycles. The first-order chi connectivity index (χ1) is 12.7. The van der Waals surface area contributed by atoms with Gasteiger partial charge in [0.25, 0.3) is 0 Å². The first-order valence-electron chi connectivity index (χ1n) is 7.81. The molecule has 3 N–H and O–H groups in total. The van der Waals surface area contributed by atoms with Gasteiger partial charge in [0, 0.05) is 28.4 Å². The zero-order chi connectivity index (χ0) is 18.1. The number of nitrogen functional groups attached to an aromatic ring is 1. The minimum atomic E-state index is -0.798. The van der Waals surface area contributed by atoms with Crippen molar-refractivity contribution in [1.29, 1.82) is 5.26 Å². The van der Waals surface area contributed by atoms with E-state index in [4.69, 9.17) is 11.0 Å². The molecule has 0 aliphatic heterocycles. The van der Waals surface area contributed by atoms with Crippen LogP contribution in [0, 0.1) is 11.3 Å². The second kappa shape index (κ2) is 6.52. The predicted octanol–water partition coefficient (Wildman–Crippen LogP) is 3.29. The first-order valence-corrected chi connectivity index (χ1v) is 8.63. The monoisotopic (exact) mass is 359 g/mol. The fourth-order valence-corrected chi connectivity index (χ4v) is 3.71. The van der Waals surface area contributed by atoms with Crippen molar-refractivity contribution in [3.8, 4) is 17.5 Å². The van der Waals surface area contributed by atoms with Crippen LogP contribution in [0.3, 0.4) is 0 Å². The summed E-state index contributed by atoms with van der Waals surface area (Å²) in [6.07, 6.45) is 2.49. The molecule has 0 fully saturated rings. The number of anilines is 1. The standard InChI is InChI=1S/C19H13N5OS/c20-9-11-3-1-4-12(7-11)18-23-17(21)14-8-15(26-19(14)24-18)16(25)13-5-2-6-22-10-13/h1-8,10,16,25H,(H2,21,23,24). The Hall–Kier alpha value is -3.34. The number of benzene rings is 1. The average molecular weight is 359 g/mol. The lowest BCUT2D eigenvalue weighted by atomic mass is 10.1. The zero-order valence-corrected chi connectivity index (χ0v) is 14.3. The van der Waals surface area contributed by atoms with E-state index in [0.29, 0.717) is 33.0 Å². The molecule has 1 unspecified atom stereocenters. The number of aliphatic hydroxyl groups is 1. The number of pyridine rings is 1. The van der Waals surface area contributed by atoms with Crippen LogP contribution in [-0.2, 0) is 0 Å². The van der Waals surface area contributed by atoms with Crippen LogP contribution >= 0.6 is 11.3 Å². The van der Waals surface area contributed by atoms with E-state index in [2.05, 4.69) is 21.0 Å². The summed E-state index contributed by atoms with van der Waals surface area (Å²) in [5, 5.41) is 20.3. The lowest BCUT2D eigenvalue weighted by Gasteiger charge is -2.06. The van der Waals surface area contributed by atoms with Gasteiger partial charge in [-0.2, -0.15) is 5.26 Å². The summed E-state index contributed by atoms with van der Waals surface area (Å²) in [6.45, 7) is 0. The number of hydrogen-bond donors (Lipinski definition) is 2. The molecule has 126 valence electrons. The largest absolute Gasteiger partial charge is 0.383 e. The highest BCUT2D eigenvalue weighted by molar-refractivity contribution is 7.18. The Morgan fingerprint density at radius 1 is 1.15 bits per heavy atom. The fraction of sp³-hybridized carbons (Fsp3) is 0.0526. The van der Waals surface area contributed by atoms with E-state index in [-0.39, 0.29) is 0 Å². The molecular formula is C19H13N5OS. The van der Waals surface area contributed by atoms with E-state index in [9.17, 15) is 5.11 Å². The number of aromatic nitrogens is 3. The van der Waals surface area contributed by atoms with Gasteiger partial charge < -0.3 is 10.8 Å². The molecule has 0 aliphatic rings. The van der Waals surface area contributed by atoms with Crippen molar-refractivity contribution in [3.63, 3.8) is 0 Å². The topological polar surface area (TPSA) is 109 Å². The van der Waals surface area contributed by atoms with Crippen molar-refractivity contribution in [2.75, 3.05) is 5.73 Å². The molecule has 0 saturated heterocycles. The summed E-state index contributed by atoms with van der Waals surface area (Å²) in [6, 6.07) is 14.6. The predicted molar refractivity (Wildman–Crippen MR) is 100 cm³/mol. The number of thiophene rings is 1. The number of hydrogen-bond acceptors (Lipinski definition) is 7. The van der Waals surface area contributed by atoms with Crippen molar-refractivity contribution in [2.45, 2.75) is 6.10 Å². The van der Waals surface area contributed by atoms with Gasteiger partial charge in [-0.15, -0.1) is 11.3 Å². The van der Waals surface area contributed by atoms with Crippen LogP contribution in [0.4, 0.5) is 5.82 Å². The lowest BCUT2D eigenvalue weighted by Crippen LogP contribution is -1.97. The average Bonchev–Trinajstić information content (AvgIpc) is 3.13. The van der Waals surface area contributed by atoms with Crippen LogP contribution < -0.4 is 5.73 Å². The van der Waals surface area contributed by atoms with Gasteiger partial charge in [0.05, 0.1) is 17.0 Å². The van der Waals surface area contributed by atoms with E-state index >= 15 is 0 Å². The number of rotatable bonds is 3. The molecule has 0 radical (unpaired) electrons. The molecule has 1 atom stereocenters. The van der Waals surface area contributed by atoms with Crippen molar-refractivity contribution in [2.24, 2.45) is 0 Å². The highest BCUT2D eigenvalue weighted by Crippen LogP contribution is 2.35. The Morgan fingerprint density at radius 2 is 2.04 bits per heavy atom. The van der Waals surface area contributed by atoms with Crippen LogP contribution in [-0.4, -0.2) is 20.1 Å². The maximum absolute atomic E-state index is 10.6. The minimum Gasteiger partial charge on any atom is -0.383 e. The Labute approximate surface area is 153 Å². The molecule has 0 spiro atoms. The number of nitrogens with zero attached hydrogens (tertiary/aromatic N) is 4. The molecule has 7 heteroatoms. The summed E-state index contributed by atoms with van der Waals surface area (Å²) < 4.78 is 0. The third-order valence-corrected chi connectivity index (χ3v) is 5.04. The Kier molecular flexibility index (Phi) is 4.05. The molecule has 0 saturated carbocycles. The number of nitrogens with two attached hydrogens (primary N) is 1. The quantitative estimate of drug-likeness (QED) is 0.581. The third-order valence-electron chi connectivity index (χ3n) is 3.96. The second-order valence-corrected chi connectivity index (χ2v) is 6.74. The van der Waals surface area contributed by atoms with E-state index in [1.807, 2.05) is 18.2 Å². The maximum Gasteiger partial charge on any atom is 0.163 e. The van der Waals surface area contributed by atoms with E-state index < -0.39 is 6.10 Å².